The summed E-state index contributed by atoms with van der Waals surface area (Å²) in [5.74, 6) is 2.08. The number of likely N-dealkylation sites (N-methyl/N-ethyl adjacent to an activating group) is 1. The van der Waals surface area contributed by atoms with E-state index in [1.54, 1.807) is 6.33 Å². The number of hydrogen-bond donors (Lipinski definition) is 1. The van der Waals surface area contributed by atoms with Gasteiger partial charge >= 0.3 is 0 Å². The third-order valence-corrected chi connectivity index (χ3v) is 3.83. The molecule has 0 spiro atoms. The number of aromatic nitrogens is 2. The monoisotopic (exact) mass is 277 g/mol. The first-order valence-corrected chi connectivity index (χ1v) is 7.60. The van der Waals surface area contributed by atoms with Gasteiger partial charge in [0, 0.05) is 31.2 Å². The molecule has 1 atom stereocenters. The topological polar surface area (TPSA) is 44.3 Å². The standard InChI is InChI=1S/C15H27N5/c1-5-8-16-14-12(2)15(18-11-17-14)20-9-6-7-13(20)10-19(3)4/h11,13H,5-10H2,1-4H3,(H,16,17,18). The van der Waals surface area contributed by atoms with Crippen molar-refractivity contribution in [2.24, 2.45) is 0 Å². The highest BCUT2D eigenvalue weighted by Gasteiger charge is 2.27. The highest BCUT2D eigenvalue weighted by molar-refractivity contribution is 5.58. The molecule has 1 aromatic rings. The molecule has 2 rings (SSSR count). The maximum Gasteiger partial charge on any atom is 0.137 e. The molecule has 2 heterocycles. The molecular weight excluding hydrogens is 250 g/mol. The molecule has 20 heavy (non-hydrogen) atoms. The summed E-state index contributed by atoms with van der Waals surface area (Å²) >= 11 is 0. The Morgan fingerprint density at radius 2 is 2.20 bits per heavy atom. The fourth-order valence-electron chi connectivity index (χ4n) is 2.88. The van der Waals surface area contributed by atoms with Crippen molar-refractivity contribution in [1.29, 1.82) is 0 Å². The Morgan fingerprint density at radius 1 is 1.40 bits per heavy atom. The van der Waals surface area contributed by atoms with E-state index in [1.807, 2.05) is 0 Å². The summed E-state index contributed by atoms with van der Waals surface area (Å²) in [6.07, 6.45) is 5.29. The molecule has 1 saturated heterocycles. The lowest BCUT2D eigenvalue weighted by Crippen LogP contribution is -2.38. The summed E-state index contributed by atoms with van der Waals surface area (Å²) in [5, 5.41) is 3.39. The first-order chi connectivity index (χ1) is 9.63. The van der Waals surface area contributed by atoms with Crippen LogP contribution < -0.4 is 10.2 Å². The fraction of sp³-hybridized carbons (Fsp3) is 0.733. The maximum atomic E-state index is 4.54. The van der Waals surface area contributed by atoms with Crippen LogP contribution in [0.1, 0.15) is 31.7 Å². The average molecular weight is 277 g/mol. The van der Waals surface area contributed by atoms with Crippen molar-refractivity contribution in [1.82, 2.24) is 14.9 Å². The van der Waals surface area contributed by atoms with E-state index in [-0.39, 0.29) is 0 Å². The van der Waals surface area contributed by atoms with Crippen molar-refractivity contribution < 1.29 is 0 Å². The Labute approximate surface area is 122 Å². The van der Waals surface area contributed by atoms with Gasteiger partial charge in [-0.15, -0.1) is 0 Å². The minimum Gasteiger partial charge on any atom is -0.370 e. The van der Waals surface area contributed by atoms with Crippen LogP contribution in [0.15, 0.2) is 6.33 Å². The highest BCUT2D eigenvalue weighted by atomic mass is 15.3. The number of nitrogens with one attached hydrogen (secondary N) is 1. The Hall–Kier alpha value is -1.36. The van der Waals surface area contributed by atoms with Crippen molar-refractivity contribution in [3.05, 3.63) is 11.9 Å². The van der Waals surface area contributed by atoms with Crippen molar-refractivity contribution >= 4 is 11.6 Å². The molecule has 1 aromatic heterocycles. The van der Waals surface area contributed by atoms with Crippen LogP contribution in [-0.4, -0.2) is 54.6 Å². The van der Waals surface area contributed by atoms with Crippen LogP contribution in [0, 0.1) is 6.92 Å². The summed E-state index contributed by atoms with van der Waals surface area (Å²) in [6.45, 7) is 7.43. The predicted octanol–water partition coefficient (Wildman–Crippen LogP) is 2.14. The van der Waals surface area contributed by atoms with Crippen LogP contribution in [0.25, 0.3) is 0 Å². The molecule has 0 radical (unpaired) electrons. The molecule has 112 valence electrons. The molecule has 1 fully saturated rings. The van der Waals surface area contributed by atoms with Gasteiger partial charge in [-0.3, -0.25) is 0 Å². The SMILES string of the molecule is CCCNc1ncnc(N2CCCC2CN(C)C)c1C. The van der Waals surface area contributed by atoms with E-state index in [9.17, 15) is 0 Å². The first kappa shape index (κ1) is 15.0. The molecule has 0 aromatic carbocycles. The molecule has 1 unspecified atom stereocenters. The second-order valence-corrected chi connectivity index (χ2v) is 5.85. The number of nitrogens with zero attached hydrogens (tertiary/aromatic N) is 4. The van der Waals surface area contributed by atoms with Crippen molar-refractivity contribution in [3.63, 3.8) is 0 Å². The van der Waals surface area contributed by atoms with Crippen LogP contribution in [0.3, 0.4) is 0 Å². The zero-order valence-corrected chi connectivity index (χ0v) is 13.2. The molecule has 5 nitrogen and oxygen atoms in total. The average Bonchev–Trinajstić information content (AvgIpc) is 2.85. The van der Waals surface area contributed by atoms with Gasteiger partial charge in [-0.25, -0.2) is 9.97 Å². The van der Waals surface area contributed by atoms with E-state index in [1.165, 1.54) is 18.4 Å². The molecule has 0 saturated carbocycles. The van der Waals surface area contributed by atoms with Gasteiger partial charge in [0.2, 0.25) is 0 Å². The molecule has 0 amide bonds. The third kappa shape index (κ3) is 3.39. The Balaban J connectivity index is 2.18. The Kier molecular flexibility index (Phi) is 5.17. The van der Waals surface area contributed by atoms with Gasteiger partial charge in [0.1, 0.15) is 18.0 Å². The highest BCUT2D eigenvalue weighted by Crippen LogP contribution is 2.29. The smallest absolute Gasteiger partial charge is 0.137 e. The van der Waals surface area contributed by atoms with Crippen molar-refractivity contribution in [3.8, 4) is 0 Å². The van der Waals surface area contributed by atoms with Gasteiger partial charge in [-0.05, 0) is 40.3 Å². The summed E-state index contributed by atoms with van der Waals surface area (Å²) in [4.78, 5) is 13.6. The lowest BCUT2D eigenvalue weighted by atomic mass is 10.2. The van der Waals surface area contributed by atoms with E-state index in [2.05, 4.69) is 53.0 Å². The largest absolute Gasteiger partial charge is 0.370 e. The van der Waals surface area contributed by atoms with Crippen LogP contribution in [0.4, 0.5) is 11.6 Å². The molecule has 0 bridgehead atoms. The van der Waals surface area contributed by atoms with E-state index in [0.29, 0.717) is 6.04 Å². The van der Waals surface area contributed by atoms with E-state index >= 15 is 0 Å². The third-order valence-electron chi connectivity index (χ3n) is 3.83. The van der Waals surface area contributed by atoms with Gasteiger partial charge in [-0.2, -0.15) is 0 Å². The second-order valence-electron chi connectivity index (χ2n) is 5.85. The maximum absolute atomic E-state index is 4.54. The van der Waals surface area contributed by atoms with Crippen molar-refractivity contribution in [2.75, 3.05) is 43.9 Å². The molecule has 0 aliphatic carbocycles. The van der Waals surface area contributed by atoms with Crippen LogP contribution in [0.2, 0.25) is 0 Å². The lowest BCUT2D eigenvalue weighted by molar-refractivity contribution is 0.371. The quantitative estimate of drug-likeness (QED) is 0.863. The molecule has 1 aliphatic heterocycles. The zero-order valence-electron chi connectivity index (χ0n) is 13.2. The van der Waals surface area contributed by atoms with Crippen LogP contribution in [0.5, 0.6) is 0 Å². The normalized spacial score (nSPS) is 18.9. The number of hydrogen-bond acceptors (Lipinski definition) is 5. The van der Waals surface area contributed by atoms with Gasteiger partial charge < -0.3 is 15.1 Å². The van der Waals surface area contributed by atoms with E-state index < -0.39 is 0 Å². The number of anilines is 2. The second kappa shape index (κ2) is 6.88. The first-order valence-electron chi connectivity index (χ1n) is 7.60. The van der Waals surface area contributed by atoms with Crippen molar-refractivity contribution in [2.45, 2.75) is 39.2 Å². The number of rotatable bonds is 6. The molecule has 1 N–H and O–H groups in total. The van der Waals surface area contributed by atoms with Crippen LogP contribution >= 0.6 is 0 Å². The molecular formula is C15H27N5. The summed E-state index contributed by atoms with van der Waals surface area (Å²) in [6, 6.07) is 0.567. The summed E-state index contributed by atoms with van der Waals surface area (Å²) in [7, 11) is 4.27. The minimum atomic E-state index is 0.567. The Morgan fingerprint density at radius 3 is 2.90 bits per heavy atom. The van der Waals surface area contributed by atoms with Gasteiger partial charge in [0.25, 0.3) is 0 Å². The summed E-state index contributed by atoms with van der Waals surface area (Å²) < 4.78 is 0. The van der Waals surface area contributed by atoms with Crippen LogP contribution in [-0.2, 0) is 0 Å². The zero-order chi connectivity index (χ0) is 14.5. The summed E-state index contributed by atoms with van der Waals surface area (Å²) in [5.41, 5.74) is 1.17. The Bertz CT molecular complexity index is 432. The lowest BCUT2D eigenvalue weighted by Gasteiger charge is -2.29. The molecule has 1 aliphatic rings. The van der Waals surface area contributed by atoms with Gasteiger partial charge in [0.15, 0.2) is 0 Å². The van der Waals surface area contributed by atoms with Gasteiger partial charge in [-0.1, -0.05) is 6.92 Å². The van der Waals surface area contributed by atoms with E-state index in [4.69, 9.17) is 0 Å². The van der Waals surface area contributed by atoms with Gasteiger partial charge in [0.05, 0.1) is 0 Å². The fourth-order valence-corrected chi connectivity index (χ4v) is 2.88. The minimum absolute atomic E-state index is 0.567. The van der Waals surface area contributed by atoms with E-state index in [0.717, 1.165) is 37.7 Å². The predicted molar refractivity (Wildman–Crippen MR) is 84.5 cm³/mol. The molecule has 5 heteroatoms.